The number of furan rings is 1. The van der Waals surface area contributed by atoms with Crippen LogP contribution in [-0.4, -0.2) is 0 Å². The van der Waals surface area contributed by atoms with Crippen molar-refractivity contribution in [1.29, 1.82) is 0 Å². The van der Waals surface area contributed by atoms with E-state index in [1.54, 1.807) is 6.26 Å². The Kier molecular flexibility index (Phi) is 2.40. The molecule has 0 unspecified atom stereocenters. The lowest BCUT2D eigenvalue weighted by molar-refractivity contribution is 0.526. The van der Waals surface area contributed by atoms with Crippen molar-refractivity contribution in [2.24, 2.45) is 0 Å². The quantitative estimate of drug-likeness (QED) is 0.667. The predicted octanol–water partition coefficient (Wildman–Crippen LogP) is 3.57. The van der Waals surface area contributed by atoms with Gasteiger partial charge < -0.3 is 4.42 Å². The van der Waals surface area contributed by atoms with Gasteiger partial charge in [0.2, 0.25) is 0 Å². The molecule has 0 saturated carbocycles. The molecule has 0 bridgehead atoms. The van der Waals surface area contributed by atoms with Gasteiger partial charge in [-0.05, 0) is 12.1 Å². The van der Waals surface area contributed by atoms with Crippen molar-refractivity contribution in [2.75, 3.05) is 0 Å². The van der Waals surface area contributed by atoms with Gasteiger partial charge in [0, 0.05) is 0 Å². The van der Waals surface area contributed by atoms with Gasteiger partial charge in [-0.25, -0.2) is 0 Å². The topological polar surface area (TPSA) is 13.1 Å². The molecule has 0 aliphatic carbocycles. The molecule has 1 aromatic rings. The lowest BCUT2D eigenvalue weighted by Crippen LogP contribution is -1.92. The standard InChI is InChI=1S/C5H3Br3O/c6-5(7,8)4-2-1-3-9-4/h1-3H. The molecule has 1 rings (SSSR count). The highest BCUT2D eigenvalue weighted by Crippen LogP contribution is 2.44. The summed E-state index contributed by atoms with van der Waals surface area (Å²) in [7, 11) is 0. The Morgan fingerprint density at radius 3 is 2.22 bits per heavy atom. The molecule has 1 aromatic heterocycles. The minimum Gasteiger partial charge on any atom is -0.466 e. The van der Waals surface area contributed by atoms with Gasteiger partial charge in [0.15, 0.2) is 2.14 Å². The zero-order chi connectivity index (χ0) is 6.91. The summed E-state index contributed by atoms with van der Waals surface area (Å²) in [6.45, 7) is 0. The maximum Gasteiger partial charge on any atom is 0.192 e. The summed E-state index contributed by atoms with van der Waals surface area (Å²) in [6, 6.07) is 3.69. The van der Waals surface area contributed by atoms with Crippen molar-refractivity contribution in [1.82, 2.24) is 0 Å². The Labute approximate surface area is 78.2 Å². The van der Waals surface area contributed by atoms with Crippen LogP contribution in [0.4, 0.5) is 0 Å². The maximum absolute atomic E-state index is 5.06. The van der Waals surface area contributed by atoms with Crippen molar-refractivity contribution in [3.8, 4) is 0 Å². The fourth-order valence-corrected chi connectivity index (χ4v) is 1.12. The first-order chi connectivity index (χ1) is 4.11. The van der Waals surface area contributed by atoms with Gasteiger partial charge in [0.25, 0.3) is 0 Å². The largest absolute Gasteiger partial charge is 0.466 e. The molecule has 0 atom stereocenters. The molecule has 0 aliphatic heterocycles. The minimum atomic E-state index is -0.406. The zero-order valence-corrected chi connectivity index (χ0v) is 9.03. The van der Waals surface area contributed by atoms with Crippen LogP contribution in [-0.2, 0) is 2.14 Å². The van der Waals surface area contributed by atoms with Crippen LogP contribution in [0.15, 0.2) is 22.8 Å². The molecular weight excluding hydrogens is 316 g/mol. The second-order valence-electron chi connectivity index (χ2n) is 1.48. The van der Waals surface area contributed by atoms with Gasteiger partial charge in [-0.2, -0.15) is 0 Å². The summed E-state index contributed by atoms with van der Waals surface area (Å²) in [5.74, 6) is 0.794. The van der Waals surface area contributed by atoms with Crippen molar-refractivity contribution in [3.05, 3.63) is 24.2 Å². The number of hydrogen-bond acceptors (Lipinski definition) is 1. The van der Waals surface area contributed by atoms with Crippen molar-refractivity contribution in [2.45, 2.75) is 2.14 Å². The molecule has 0 saturated heterocycles. The summed E-state index contributed by atoms with van der Waals surface area (Å²) >= 11 is 9.92. The smallest absolute Gasteiger partial charge is 0.192 e. The van der Waals surface area contributed by atoms with Crippen LogP contribution in [0.1, 0.15) is 5.76 Å². The van der Waals surface area contributed by atoms with E-state index in [2.05, 4.69) is 47.8 Å². The number of rotatable bonds is 0. The summed E-state index contributed by atoms with van der Waals surface area (Å²) < 4.78 is 4.65. The van der Waals surface area contributed by atoms with Gasteiger partial charge in [0.1, 0.15) is 5.76 Å². The van der Waals surface area contributed by atoms with E-state index in [9.17, 15) is 0 Å². The normalized spacial score (nSPS) is 11.9. The van der Waals surface area contributed by atoms with Gasteiger partial charge in [0.05, 0.1) is 6.26 Å². The highest BCUT2D eigenvalue weighted by Gasteiger charge is 2.23. The van der Waals surface area contributed by atoms with E-state index in [1.165, 1.54) is 0 Å². The van der Waals surface area contributed by atoms with E-state index in [-0.39, 0.29) is 0 Å². The lowest BCUT2D eigenvalue weighted by Gasteiger charge is -2.05. The van der Waals surface area contributed by atoms with Crippen LogP contribution >= 0.6 is 47.8 Å². The van der Waals surface area contributed by atoms with Crippen LogP contribution in [0, 0.1) is 0 Å². The molecular formula is C5H3Br3O. The summed E-state index contributed by atoms with van der Waals surface area (Å²) in [6.07, 6.45) is 1.62. The first kappa shape index (κ1) is 7.82. The second kappa shape index (κ2) is 2.76. The molecule has 9 heavy (non-hydrogen) atoms. The third kappa shape index (κ3) is 2.09. The van der Waals surface area contributed by atoms with Gasteiger partial charge >= 0.3 is 0 Å². The van der Waals surface area contributed by atoms with Gasteiger partial charge in [-0.1, -0.05) is 47.8 Å². The maximum atomic E-state index is 5.06. The molecule has 0 fully saturated rings. The first-order valence-corrected chi connectivity index (χ1v) is 4.59. The molecule has 0 amide bonds. The monoisotopic (exact) mass is 316 g/mol. The average molecular weight is 319 g/mol. The van der Waals surface area contributed by atoms with Gasteiger partial charge in [-0.15, -0.1) is 0 Å². The molecule has 0 radical (unpaired) electrons. The highest BCUT2D eigenvalue weighted by atomic mass is 80.0. The van der Waals surface area contributed by atoms with Crippen LogP contribution in [0.3, 0.4) is 0 Å². The van der Waals surface area contributed by atoms with Crippen molar-refractivity contribution in [3.63, 3.8) is 0 Å². The van der Waals surface area contributed by atoms with Crippen LogP contribution in [0.5, 0.6) is 0 Å². The minimum absolute atomic E-state index is 0.406. The highest BCUT2D eigenvalue weighted by molar-refractivity contribution is 9.38. The fourth-order valence-electron chi connectivity index (χ4n) is 0.440. The SMILES string of the molecule is BrC(Br)(Br)c1ccco1. The van der Waals surface area contributed by atoms with Gasteiger partial charge in [-0.3, -0.25) is 0 Å². The van der Waals surface area contributed by atoms with Crippen LogP contribution in [0.2, 0.25) is 0 Å². The Morgan fingerprint density at radius 2 is 2.00 bits per heavy atom. The van der Waals surface area contributed by atoms with E-state index in [4.69, 9.17) is 4.42 Å². The summed E-state index contributed by atoms with van der Waals surface area (Å²) in [4.78, 5) is 0. The second-order valence-corrected chi connectivity index (χ2v) is 8.24. The molecule has 1 nitrogen and oxygen atoms in total. The van der Waals surface area contributed by atoms with Crippen LogP contribution in [0.25, 0.3) is 0 Å². The van der Waals surface area contributed by atoms with E-state index >= 15 is 0 Å². The van der Waals surface area contributed by atoms with Crippen molar-refractivity contribution < 1.29 is 4.42 Å². The summed E-state index contributed by atoms with van der Waals surface area (Å²) in [5, 5.41) is 0. The number of alkyl halides is 3. The number of hydrogen-bond donors (Lipinski definition) is 0. The lowest BCUT2D eigenvalue weighted by atomic mass is 10.5. The van der Waals surface area contributed by atoms with E-state index in [0.717, 1.165) is 5.76 Å². The third-order valence-electron chi connectivity index (χ3n) is 0.801. The molecule has 0 aromatic carbocycles. The fraction of sp³-hybridized carbons (Fsp3) is 0.200. The third-order valence-corrected chi connectivity index (χ3v) is 1.97. The molecule has 0 aliphatic rings. The van der Waals surface area contributed by atoms with E-state index in [0.29, 0.717) is 0 Å². The Balaban J connectivity index is 2.90. The Bertz CT molecular complexity index is 175. The molecule has 50 valence electrons. The summed E-state index contributed by atoms with van der Waals surface area (Å²) in [5.41, 5.74) is 0. The molecule has 1 heterocycles. The predicted molar refractivity (Wildman–Crippen MR) is 47.2 cm³/mol. The molecule has 4 heteroatoms. The Hall–Kier alpha value is 0.720. The first-order valence-electron chi connectivity index (χ1n) is 2.21. The molecule has 0 spiro atoms. The van der Waals surface area contributed by atoms with E-state index < -0.39 is 2.14 Å². The zero-order valence-electron chi connectivity index (χ0n) is 4.27. The van der Waals surface area contributed by atoms with Crippen LogP contribution < -0.4 is 0 Å². The van der Waals surface area contributed by atoms with Crippen molar-refractivity contribution >= 4 is 47.8 Å². The average Bonchev–Trinajstić information content (AvgIpc) is 2.08. The number of halogens is 3. The van der Waals surface area contributed by atoms with E-state index in [1.807, 2.05) is 12.1 Å². The molecule has 0 N–H and O–H groups in total. The Morgan fingerprint density at radius 1 is 1.33 bits per heavy atom.